The summed E-state index contributed by atoms with van der Waals surface area (Å²) in [4.78, 5) is 0. The first kappa shape index (κ1) is 20.1. The van der Waals surface area contributed by atoms with Gasteiger partial charge in [-0.05, 0) is 47.0 Å². The smallest absolute Gasteiger partial charge is 0.225 e. The molecule has 5 rings (SSSR count). The molecule has 0 bridgehead atoms. The van der Waals surface area contributed by atoms with Gasteiger partial charge in [-0.3, -0.25) is 0 Å². The van der Waals surface area contributed by atoms with Crippen molar-refractivity contribution in [2.24, 2.45) is 5.73 Å². The standard InChI is InChI=1S/C25H16ClFN2O3/c26-16-7-5-14(6-8-16)13-1-3-15(4-2-13)21-19(12-28)24(29)32-23-18-11-17(27)9-10-20(18)31-25(30)22(21)23/h1-11,21,25,30H,29H2. The molecule has 0 saturated heterocycles. The van der Waals surface area contributed by atoms with Crippen LogP contribution in [0.4, 0.5) is 4.39 Å². The Hall–Kier alpha value is -3.79. The van der Waals surface area contributed by atoms with E-state index in [0.717, 1.165) is 11.1 Å². The van der Waals surface area contributed by atoms with Crippen molar-refractivity contribution >= 4 is 17.4 Å². The van der Waals surface area contributed by atoms with Crippen LogP contribution in [0.3, 0.4) is 0 Å². The van der Waals surface area contributed by atoms with Crippen molar-refractivity contribution in [1.82, 2.24) is 0 Å². The Bertz CT molecular complexity index is 1320. The van der Waals surface area contributed by atoms with Crippen LogP contribution in [-0.2, 0) is 4.74 Å². The second kappa shape index (κ2) is 7.72. The first-order valence-electron chi connectivity index (χ1n) is 9.78. The summed E-state index contributed by atoms with van der Waals surface area (Å²) in [6, 6.07) is 20.9. The van der Waals surface area contributed by atoms with Crippen LogP contribution in [0.25, 0.3) is 16.9 Å². The highest BCUT2D eigenvalue weighted by Crippen LogP contribution is 2.48. The van der Waals surface area contributed by atoms with Gasteiger partial charge in [0.05, 0.1) is 17.1 Å². The molecular formula is C25H16ClFN2O3. The molecule has 5 nitrogen and oxygen atoms in total. The van der Waals surface area contributed by atoms with Crippen LogP contribution in [-0.4, -0.2) is 11.4 Å². The Morgan fingerprint density at radius 1 is 1.00 bits per heavy atom. The highest BCUT2D eigenvalue weighted by molar-refractivity contribution is 6.30. The van der Waals surface area contributed by atoms with Crippen LogP contribution in [0.5, 0.6) is 5.75 Å². The molecule has 0 amide bonds. The summed E-state index contributed by atoms with van der Waals surface area (Å²) < 4.78 is 25.2. The predicted molar refractivity (Wildman–Crippen MR) is 117 cm³/mol. The molecule has 0 radical (unpaired) electrons. The average molecular weight is 447 g/mol. The Labute approximate surface area is 188 Å². The molecule has 2 aliphatic heterocycles. The molecule has 158 valence electrons. The normalized spacial score (nSPS) is 19.4. The molecule has 3 N–H and O–H groups in total. The molecule has 0 aromatic heterocycles. The van der Waals surface area contributed by atoms with Gasteiger partial charge in [0.15, 0.2) is 0 Å². The zero-order valence-corrected chi connectivity index (χ0v) is 17.3. The van der Waals surface area contributed by atoms with E-state index in [-0.39, 0.29) is 23.0 Å². The van der Waals surface area contributed by atoms with E-state index < -0.39 is 18.0 Å². The number of nitrogens with two attached hydrogens (primary N) is 1. The van der Waals surface area contributed by atoms with Gasteiger partial charge in [-0.25, -0.2) is 4.39 Å². The van der Waals surface area contributed by atoms with E-state index in [1.807, 2.05) is 48.5 Å². The van der Waals surface area contributed by atoms with E-state index in [9.17, 15) is 14.8 Å². The maximum atomic E-state index is 13.9. The second-order valence-corrected chi connectivity index (χ2v) is 7.89. The molecule has 2 aliphatic rings. The highest BCUT2D eigenvalue weighted by Gasteiger charge is 2.41. The van der Waals surface area contributed by atoms with Gasteiger partial charge < -0.3 is 20.3 Å². The first-order valence-corrected chi connectivity index (χ1v) is 10.2. The first-order chi connectivity index (χ1) is 15.5. The second-order valence-electron chi connectivity index (χ2n) is 7.45. The predicted octanol–water partition coefficient (Wildman–Crippen LogP) is 5.08. The number of ether oxygens (including phenoxy) is 2. The third-order valence-corrected chi connectivity index (χ3v) is 5.82. The number of aliphatic hydroxyl groups is 1. The lowest BCUT2D eigenvalue weighted by Crippen LogP contribution is -2.33. The Morgan fingerprint density at radius 2 is 1.66 bits per heavy atom. The summed E-state index contributed by atoms with van der Waals surface area (Å²) in [6.45, 7) is 0. The molecule has 2 atom stereocenters. The molecule has 32 heavy (non-hydrogen) atoms. The number of nitrogens with zero attached hydrogens (tertiary/aromatic N) is 1. The number of allylic oxidation sites excluding steroid dienone is 1. The maximum absolute atomic E-state index is 13.9. The van der Waals surface area contributed by atoms with E-state index in [1.54, 1.807) is 0 Å². The lowest BCUT2D eigenvalue weighted by Gasteiger charge is -2.35. The Morgan fingerprint density at radius 3 is 2.31 bits per heavy atom. The summed E-state index contributed by atoms with van der Waals surface area (Å²) in [7, 11) is 0. The van der Waals surface area contributed by atoms with Crippen LogP contribution >= 0.6 is 11.6 Å². The van der Waals surface area contributed by atoms with Gasteiger partial charge in [0.1, 0.15) is 29.0 Å². The summed E-state index contributed by atoms with van der Waals surface area (Å²) in [6.07, 6.45) is -1.39. The molecule has 0 saturated carbocycles. The maximum Gasteiger partial charge on any atom is 0.225 e. The summed E-state index contributed by atoms with van der Waals surface area (Å²) in [5.41, 5.74) is 9.48. The van der Waals surface area contributed by atoms with Crippen LogP contribution in [0.2, 0.25) is 5.02 Å². The highest BCUT2D eigenvalue weighted by atomic mass is 35.5. The van der Waals surface area contributed by atoms with E-state index in [0.29, 0.717) is 21.7 Å². The minimum atomic E-state index is -1.39. The molecule has 3 aromatic rings. The fraction of sp³-hybridized carbons (Fsp3) is 0.0800. The molecule has 0 spiro atoms. The Balaban J connectivity index is 1.63. The van der Waals surface area contributed by atoms with Gasteiger partial charge in [0, 0.05) is 5.02 Å². The van der Waals surface area contributed by atoms with E-state index in [2.05, 4.69) is 6.07 Å². The monoisotopic (exact) mass is 446 g/mol. The SMILES string of the molecule is N#CC1=C(N)OC2=C(C(O)Oc3ccc(F)cc32)C1c1ccc(-c2ccc(Cl)cc2)cc1. The average Bonchev–Trinajstić information content (AvgIpc) is 2.79. The van der Waals surface area contributed by atoms with Gasteiger partial charge in [-0.2, -0.15) is 5.26 Å². The van der Waals surface area contributed by atoms with Crippen LogP contribution in [0.15, 0.2) is 83.8 Å². The molecule has 2 heterocycles. The minimum absolute atomic E-state index is 0.0951. The fourth-order valence-electron chi connectivity index (χ4n) is 4.06. The molecular weight excluding hydrogens is 431 g/mol. The van der Waals surface area contributed by atoms with Crippen molar-refractivity contribution in [3.8, 4) is 22.9 Å². The summed E-state index contributed by atoms with van der Waals surface area (Å²) >= 11 is 5.97. The van der Waals surface area contributed by atoms with Gasteiger partial charge >= 0.3 is 0 Å². The van der Waals surface area contributed by atoms with Crippen molar-refractivity contribution in [2.45, 2.75) is 12.2 Å². The number of nitriles is 1. The van der Waals surface area contributed by atoms with E-state index in [4.69, 9.17) is 26.8 Å². The topological polar surface area (TPSA) is 88.5 Å². The molecule has 3 aromatic carbocycles. The summed E-state index contributed by atoms with van der Waals surface area (Å²) in [5.74, 6) is -0.835. The lowest BCUT2D eigenvalue weighted by molar-refractivity contribution is 0.00458. The molecule has 7 heteroatoms. The molecule has 2 unspecified atom stereocenters. The number of rotatable bonds is 2. The van der Waals surface area contributed by atoms with Crippen molar-refractivity contribution in [3.05, 3.63) is 106 Å². The quantitative estimate of drug-likeness (QED) is 0.573. The lowest BCUT2D eigenvalue weighted by atomic mass is 9.80. The molecule has 0 aliphatic carbocycles. The number of fused-ring (bicyclic) bond motifs is 2. The van der Waals surface area contributed by atoms with Crippen LogP contribution < -0.4 is 10.5 Å². The summed E-state index contributed by atoms with van der Waals surface area (Å²) in [5, 5.41) is 21.2. The van der Waals surface area contributed by atoms with Crippen LogP contribution in [0.1, 0.15) is 17.0 Å². The third-order valence-electron chi connectivity index (χ3n) is 5.57. The number of halogens is 2. The van der Waals surface area contributed by atoms with E-state index >= 15 is 0 Å². The van der Waals surface area contributed by atoms with Crippen molar-refractivity contribution in [1.29, 1.82) is 5.26 Å². The zero-order valence-electron chi connectivity index (χ0n) is 16.5. The van der Waals surface area contributed by atoms with Gasteiger partial charge in [0.2, 0.25) is 12.2 Å². The third kappa shape index (κ3) is 3.28. The largest absolute Gasteiger partial charge is 0.460 e. The minimum Gasteiger partial charge on any atom is -0.460 e. The number of benzene rings is 3. The number of hydrogen-bond acceptors (Lipinski definition) is 5. The fourth-order valence-corrected chi connectivity index (χ4v) is 4.19. The van der Waals surface area contributed by atoms with Crippen molar-refractivity contribution in [3.63, 3.8) is 0 Å². The number of hydrogen-bond donors (Lipinski definition) is 2. The Kier molecular flexibility index (Phi) is 4.86. The van der Waals surface area contributed by atoms with Gasteiger partial charge in [0.25, 0.3) is 0 Å². The van der Waals surface area contributed by atoms with Crippen molar-refractivity contribution in [2.75, 3.05) is 0 Å². The van der Waals surface area contributed by atoms with Crippen molar-refractivity contribution < 1.29 is 19.0 Å². The zero-order chi connectivity index (χ0) is 22.4. The molecule has 0 fully saturated rings. The van der Waals surface area contributed by atoms with Gasteiger partial charge in [-0.1, -0.05) is 48.0 Å². The van der Waals surface area contributed by atoms with Gasteiger partial charge in [-0.15, -0.1) is 0 Å². The number of aliphatic hydroxyl groups excluding tert-OH is 1. The van der Waals surface area contributed by atoms with E-state index in [1.165, 1.54) is 18.2 Å². The van der Waals surface area contributed by atoms with Crippen LogP contribution in [0, 0.1) is 17.1 Å².